The lowest BCUT2D eigenvalue weighted by Crippen LogP contribution is -2.29. The van der Waals surface area contributed by atoms with Crippen LogP contribution in [-0.4, -0.2) is 24.7 Å². The maximum Gasteiger partial charge on any atom is 0.238 e. The summed E-state index contributed by atoms with van der Waals surface area (Å²) in [6.07, 6.45) is -0.832. The summed E-state index contributed by atoms with van der Waals surface area (Å²) < 4.78 is 5.00. The van der Waals surface area contributed by atoms with Crippen molar-refractivity contribution >= 4 is 11.4 Å². The molecule has 1 unspecified atom stereocenters. The molecule has 1 saturated heterocycles. The summed E-state index contributed by atoms with van der Waals surface area (Å²) >= 11 is 0. The van der Waals surface area contributed by atoms with Crippen LogP contribution in [-0.2, 0) is 4.74 Å². The van der Waals surface area contributed by atoms with Gasteiger partial charge in [-0.05, 0) is 18.2 Å². The van der Waals surface area contributed by atoms with Crippen LogP contribution in [0.2, 0.25) is 0 Å². The lowest BCUT2D eigenvalue weighted by atomic mass is 10.2. The minimum Gasteiger partial charge on any atom is -0.399 e. The average Bonchev–Trinajstić information content (AvgIpc) is 2.51. The van der Waals surface area contributed by atoms with Gasteiger partial charge in [0.05, 0.1) is 6.61 Å². The molecule has 0 aliphatic carbocycles. The van der Waals surface area contributed by atoms with Gasteiger partial charge in [0.2, 0.25) is 6.41 Å². The van der Waals surface area contributed by atoms with Gasteiger partial charge < -0.3 is 20.5 Å². The molecule has 4 nitrogen and oxygen atoms in total. The fraction of sp³-hybridized carbons (Fsp3) is 0.333. The molecule has 1 aliphatic heterocycles. The molecule has 2 rings (SSSR count). The van der Waals surface area contributed by atoms with Gasteiger partial charge in [-0.15, -0.1) is 0 Å². The van der Waals surface area contributed by atoms with Gasteiger partial charge in [-0.3, -0.25) is 0 Å². The van der Waals surface area contributed by atoms with Crippen LogP contribution in [0.25, 0.3) is 0 Å². The van der Waals surface area contributed by atoms with E-state index in [2.05, 4.69) is 0 Å². The maximum absolute atomic E-state index is 9.40. The molecular formula is C9H12N2O2. The van der Waals surface area contributed by atoms with Crippen LogP contribution in [0, 0.1) is 0 Å². The van der Waals surface area contributed by atoms with Crippen molar-refractivity contribution in [3.8, 4) is 0 Å². The molecule has 0 amide bonds. The summed E-state index contributed by atoms with van der Waals surface area (Å²) in [4.78, 5) is 1.76. The number of nitrogen functional groups attached to an aromatic ring is 1. The molecule has 0 spiro atoms. The molecule has 13 heavy (non-hydrogen) atoms. The highest BCUT2D eigenvalue weighted by atomic mass is 16.6. The molecule has 0 radical (unpaired) electrons. The minimum atomic E-state index is -0.832. The molecule has 1 fully saturated rings. The first-order valence-electron chi connectivity index (χ1n) is 4.19. The Morgan fingerprint density at radius 2 is 2.38 bits per heavy atom. The molecule has 1 heterocycles. The van der Waals surface area contributed by atoms with Gasteiger partial charge in [0.15, 0.2) is 0 Å². The van der Waals surface area contributed by atoms with E-state index in [1.165, 1.54) is 0 Å². The number of rotatable bonds is 1. The molecule has 4 heteroatoms. The highest BCUT2D eigenvalue weighted by molar-refractivity contribution is 5.56. The Bertz CT molecular complexity index is 303. The van der Waals surface area contributed by atoms with Crippen molar-refractivity contribution in [2.45, 2.75) is 6.41 Å². The van der Waals surface area contributed by atoms with Gasteiger partial charge in [0.25, 0.3) is 0 Å². The van der Waals surface area contributed by atoms with Crippen molar-refractivity contribution in [1.29, 1.82) is 0 Å². The molecule has 1 atom stereocenters. The fourth-order valence-corrected chi connectivity index (χ4v) is 1.42. The van der Waals surface area contributed by atoms with Gasteiger partial charge in [-0.1, -0.05) is 6.07 Å². The Labute approximate surface area is 76.5 Å². The van der Waals surface area contributed by atoms with Crippen LogP contribution in [0.3, 0.4) is 0 Å². The van der Waals surface area contributed by atoms with E-state index in [-0.39, 0.29) is 0 Å². The Balaban J connectivity index is 2.24. The summed E-state index contributed by atoms with van der Waals surface area (Å²) in [5.41, 5.74) is 7.21. The Morgan fingerprint density at radius 3 is 3.00 bits per heavy atom. The van der Waals surface area contributed by atoms with Crippen LogP contribution >= 0.6 is 0 Å². The van der Waals surface area contributed by atoms with Gasteiger partial charge in [0.1, 0.15) is 0 Å². The second-order valence-electron chi connectivity index (χ2n) is 2.99. The van der Waals surface area contributed by atoms with E-state index in [4.69, 9.17) is 10.5 Å². The van der Waals surface area contributed by atoms with Crippen LogP contribution in [0.1, 0.15) is 0 Å². The maximum atomic E-state index is 9.40. The van der Waals surface area contributed by atoms with E-state index in [1.807, 2.05) is 24.3 Å². The monoisotopic (exact) mass is 180 g/mol. The van der Waals surface area contributed by atoms with Gasteiger partial charge in [0, 0.05) is 17.9 Å². The van der Waals surface area contributed by atoms with Crippen molar-refractivity contribution in [3.63, 3.8) is 0 Å². The number of hydrogen-bond acceptors (Lipinski definition) is 4. The minimum absolute atomic E-state index is 0.552. The summed E-state index contributed by atoms with van der Waals surface area (Å²) in [5.74, 6) is 0. The fourth-order valence-electron chi connectivity index (χ4n) is 1.42. The van der Waals surface area contributed by atoms with E-state index in [0.717, 1.165) is 5.69 Å². The Kier molecular flexibility index (Phi) is 2.08. The van der Waals surface area contributed by atoms with Gasteiger partial charge in [-0.2, -0.15) is 0 Å². The van der Waals surface area contributed by atoms with E-state index in [9.17, 15) is 5.11 Å². The lowest BCUT2D eigenvalue weighted by molar-refractivity contribution is -0.0573. The first kappa shape index (κ1) is 8.34. The van der Waals surface area contributed by atoms with E-state index < -0.39 is 6.41 Å². The number of ether oxygens (including phenoxy) is 1. The van der Waals surface area contributed by atoms with Crippen molar-refractivity contribution < 1.29 is 9.84 Å². The second-order valence-corrected chi connectivity index (χ2v) is 2.99. The average molecular weight is 180 g/mol. The highest BCUT2D eigenvalue weighted by Crippen LogP contribution is 2.21. The largest absolute Gasteiger partial charge is 0.399 e. The zero-order valence-electron chi connectivity index (χ0n) is 7.18. The number of nitrogens with zero attached hydrogens (tertiary/aromatic N) is 1. The predicted octanol–water partition coefficient (Wildman–Crippen LogP) is 0.381. The highest BCUT2D eigenvalue weighted by Gasteiger charge is 2.22. The molecular weight excluding hydrogens is 168 g/mol. The molecule has 1 aliphatic rings. The Morgan fingerprint density at radius 1 is 1.54 bits per heavy atom. The molecule has 0 bridgehead atoms. The number of aliphatic hydroxyl groups is 1. The summed E-state index contributed by atoms with van der Waals surface area (Å²) in [6.45, 7) is 1.25. The number of aliphatic hydroxyl groups excluding tert-OH is 1. The topological polar surface area (TPSA) is 58.7 Å². The van der Waals surface area contributed by atoms with Gasteiger partial charge in [-0.25, -0.2) is 0 Å². The summed E-state index contributed by atoms with van der Waals surface area (Å²) in [5, 5.41) is 9.40. The molecule has 70 valence electrons. The smallest absolute Gasteiger partial charge is 0.238 e. The zero-order chi connectivity index (χ0) is 9.26. The molecule has 3 N–H and O–H groups in total. The Hall–Kier alpha value is -1.26. The van der Waals surface area contributed by atoms with Crippen LogP contribution in [0.5, 0.6) is 0 Å². The number of nitrogens with two attached hydrogens (primary N) is 1. The third-order valence-electron chi connectivity index (χ3n) is 2.07. The van der Waals surface area contributed by atoms with Crippen molar-refractivity contribution in [3.05, 3.63) is 24.3 Å². The van der Waals surface area contributed by atoms with Crippen LogP contribution in [0.4, 0.5) is 11.4 Å². The molecule has 0 saturated carbocycles. The van der Waals surface area contributed by atoms with Crippen LogP contribution < -0.4 is 10.6 Å². The SMILES string of the molecule is Nc1cccc(N2CCOC2O)c1. The first-order valence-corrected chi connectivity index (χ1v) is 4.19. The lowest BCUT2D eigenvalue weighted by Gasteiger charge is -2.20. The van der Waals surface area contributed by atoms with Gasteiger partial charge >= 0.3 is 0 Å². The first-order chi connectivity index (χ1) is 6.27. The van der Waals surface area contributed by atoms with Crippen LogP contribution in [0.15, 0.2) is 24.3 Å². The number of anilines is 2. The third-order valence-corrected chi connectivity index (χ3v) is 2.07. The van der Waals surface area contributed by atoms with E-state index in [1.54, 1.807) is 4.90 Å². The molecule has 1 aromatic rings. The molecule has 1 aromatic carbocycles. The number of hydrogen-bond donors (Lipinski definition) is 2. The number of benzene rings is 1. The zero-order valence-corrected chi connectivity index (χ0v) is 7.18. The van der Waals surface area contributed by atoms with E-state index in [0.29, 0.717) is 18.8 Å². The second kappa shape index (κ2) is 3.24. The standard InChI is InChI=1S/C9H12N2O2/c10-7-2-1-3-8(6-7)11-4-5-13-9(11)12/h1-3,6,9,12H,4-5,10H2. The predicted molar refractivity (Wildman–Crippen MR) is 50.2 cm³/mol. The normalized spacial score (nSPS) is 22.2. The van der Waals surface area contributed by atoms with Crippen molar-refractivity contribution in [1.82, 2.24) is 0 Å². The van der Waals surface area contributed by atoms with Crippen molar-refractivity contribution in [2.24, 2.45) is 0 Å². The molecule has 0 aromatic heterocycles. The summed E-state index contributed by atoms with van der Waals surface area (Å²) in [7, 11) is 0. The quantitative estimate of drug-likeness (QED) is 0.613. The third kappa shape index (κ3) is 1.59. The van der Waals surface area contributed by atoms with E-state index >= 15 is 0 Å². The summed E-state index contributed by atoms with van der Waals surface area (Å²) in [6, 6.07) is 7.38. The van der Waals surface area contributed by atoms with Crippen molar-refractivity contribution in [2.75, 3.05) is 23.8 Å².